The number of methoxy groups -OCH3 is 2. The highest BCUT2D eigenvalue weighted by Gasteiger charge is 2.40. The molecule has 12 heteroatoms. The molecule has 0 saturated carbocycles. The molecule has 4 aromatic rings. The Morgan fingerprint density at radius 2 is 1.54 bits per heavy atom. The minimum Gasteiger partial charge on any atom is -0.493 e. The molecule has 0 N–H and O–H groups in total. The molecule has 0 saturated heterocycles. The van der Waals surface area contributed by atoms with E-state index in [9.17, 15) is 32.3 Å². The van der Waals surface area contributed by atoms with Crippen molar-refractivity contribution in [2.45, 2.75) is 12.6 Å². The van der Waals surface area contributed by atoms with Crippen molar-refractivity contribution in [1.82, 2.24) is 4.90 Å². The molecule has 3 aromatic carbocycles. The highest BCUT2D eigenvalue weighted by atomic mass is 19.4. The third-order valence-electron chi connectivity index (χ3n) is 6.44. The van der Waals surface area contributed by atoms with E-state index in [1.165, 1.54) is 56.7 Å². The number of halogens is 3. The number of ether oxygens (including phenoxy) is 3. The molecule has 0 atom stereocenters. The third-order valence-corrected chi connectivity index (χ3v) is 6.44. The lowest BCUT2D eigenvalue weighted by Crippen LogP contribution is -2.32. The van der Waals surface area contributed by atoms with E-state index in [-0.39, 0.29) is 52.3 Å². The fourth-order valence-electron chi connectivity index (χ4n) is 4.52. The standard InChI is InChI=1S/C29H20F3NO8/c1-38-20-10-7-15(13-22(20)39-2)24-25(35)19-9-8-16(14-21(19)41-26(24)29(30,31)32)40-23(34)11-12-33-27(36)17-5-3-4-6-18(17)28(33)37/h3-10,13-14H,11-12H2,1-2H3. The average molecular weight is 567 g/mol. The molecule has 0 unspecified atom stereocenters. The molecule has 41 heavy (non-hydrogen) atoms. The molecule has 0 spiro atoms. The number of carbonyl (C=O) groups is 3. The number of fused-ring (bicyclic) bond motifs is 2. The quantitative estimate of drug-likeness (QED) is 0.173. The van der Waals surface area contributed by atoms with Gasteiger partial charge in [0.25, 0.3) is 11.8 Å². The number of esters is 1. The number of carbonyl (C=O) groups excluding carboxylic acids is 3. The number of imide groups is 1. The van der Waals surface area contributed by atoms with Crippen molar-refractivity contribution in [3.05, 3.63) is 87.8 Å². The fourth-order valence-corrected chi connectivity index (χ4v) is 4.52. The number of hydrogen-bond acceptors (Lipinski definition) is 8. The Kier molecular flexibility index (Phi) is 6.99. The Morgan fingerprint density at radius 3 is 2.15 bits per heavy atom. The van der Waals surface area contributed by atoms with Gasteiger partial charge in [-0.3, -0.25) is 24.1 Å². The van der Waals surface area contributed by atoms with Crippen LogP contribution in [-0.2, 0) is 11.0 Å². The van der Waals surface area contributed by atoms with Crippen molar-refractivity contribution in [3.8, 4) is 28.4 Å². The zero-order valence-electron chi connectivity index (χ0n) is 21.5. The summed E-state index contributed by atoms with van der Waals surface area (Å²) in [4.78, 5) is 51.6. The summed E-state index contributed by atoms with van der Waals surface area (Å²) in [5.74, 6) is -3.32. The molecule has 5 rings (SSSR count). The highest BCUT2D eigenvalue weighted by Crippen LogP contribution is 2.40. The van der Waals surface area contributed by atoms with Crippen LogP contribution in [0.4, 0.5) is 13.2 Å². The Bertz CT molecular complexity index is 1740. The molecule has 0 radical (unpaired) electrons. The number of benzene rings is 3. The molecule has 210 valence electrons. The van der Waals surface area contributed by atoms with Crippen LogP contribution in [-0.4, -0.2) is 43.4 Å². The second-order valence-electron chi connectivity index (χ2n) is 8.89. The summed E-state index contributed by atoms with van der Waals surface area (Å²) in [6, 6.07) is 13.5. The molecule has 0 fully saturated rings. The molecular weight excluding hydrogens is 547 g/mol. The first kappa shape index (κ1) is 27.4. The van der Waals surface area contributed by atoms with Gasteiger partial charge in [-0.2, -0.15) is 13.2 Å². The molecular formula is C29H20F3NO8. The first-order valence-corrected chi connectivity index (χ1v) is 12.1. The molecule has 9 nitrogen and oxygen atoms in total. The van der Waals surface area contributed by atoms with Gasteiger partial charge in [0.05, 0.1) is 42.7 Å². The van der Waals surface area contributed by atoms with Crippen LogP contribution in [0.5, 0.6) is 17.2 Å². The largest absolute Gasteiger partial charge is 0.493 e. The highest BCUT2D eigenvalue weighted by molar-refractivity contribution is 6.21. The van der Waals surface area contributed by atoms with Crippen LogP contribution in [0.15, 0.2) is 69.9 Å². The predicted octanol–water partition coefficient (Wildman–Crippen LogP) is 5.09. The van der Waals surface area contributed by atoms with Gasteiger partial charge in [0.2, 0.25) is 11.2 Å². The summed E-state index contributed by atoms with van der Waals surface area (Å²) in [5, 5.41) is -0.186. The van der Waals surface area contributed by atoms with E-state index >= 15 is 0 Å². The first-order chi connectivity index (χ1) is 19.5. The second kappa shape index (κ2) is 10.5. The van der Waals surface area contributed by atoms with E-state index in [2.05, 4.69) is 0 Å². The Morgan fingerprint density at radius 1 is 0.878 bits per heavy atom. The van der Waals surface area contributed by atoms with E-state index in [1.807, 2.05) is 0 Å². The number of nitrogens with zero attached hydrogens (tertiary/aromatic N) is 1. The van der Waals surface area contributed by atoms with Gasteiger partial charge in [-0.25, -0.2) is 0 Å². The smallest absolute Gasteiger partial charge is 0.450 e. The summed E-state index contributed by atoms with van der Waals surface area (Å²) in [6.45, 7) is -0.263. The molecule has 2 amide bonds. The van der Waals surface area contributed by atoms with Crippen LogP contribution in [0.25, 0.3) is 22.1 Å². The van der Waals surface area contributed by atoms with E-state index < -0.39 is 46.3 Å². The van der Waals surface area contributed by atoms with Gasteiger partial charge in [-0.1, -0.05) is 18.2 Å². The average Bonchev–Trinajstić information content (AvgIpc) is 3.19. The third kappa shape index (κ3) is 4.99. The van der Waals surface area contributed by atoms with Crippen molar-refractivity contribution in [2.24, 2.45) is 0 Å². The van der Waals surface area contributed by atoms with E-state index in [0.717, 1.165) is 11.0 Å². The lowest BCUT2D eigenvalue weighted by atomic mass is 10.0. The van der Waals surface area contributed by atoms with Crippen LogP contribution < -0.4 is 19.6 Å². The monoisotopic (exact) mass is 567 g/mol. The maximum Gasteiger partial charge on any atom is 0.450 e. The molecule has 1 aromatic heterocycles. The van der Waals surface area contributed by atoms with Crippen molar-refractivity contribution in [1.29, 1.82) is 0 Å². The van der Waals surface area contributed by atoms with Gasteiger partial charge >= 0.3 is 12.1 Å². The summed E-state index contributed by atoms with van der Waals surface area (Å²) in [7, 11) is 2.66. The second-order valence-corrected chi connectivity index (χ2v) is 8.89. The number of hydrogen-bond donors (Lipinski definition) is 0. The fraction of sp³-hybridized carbons (Fsp3) is 0.172. The first-order valence-electron chi connectivity index (χ1n) is 12.1. The minimum absolute atomic E-state index is 0.103. The summed E-state index contributed by atoms with van der Waals surface area (Å²) in [5.41, 5.74) is -1.80. The number of alkyl halides is 3. The molecule has 1 aliphatic rings. The predicted molar refractivity (Wildman–Crippen MR) is 138 cm³/mol. The van der Waals surface area contributed by atoms with Gasteiger partial charge in [-0.05, 0) is 42.0 Å². The Hall–Kier alpha value is -5.13. The van der Waals surface area contributed by atoms with Gasteiger partial charge in [0, 0.05) is 12.6 Å². The molecule has 1 aliphatic heterocycles. The summed E-state index contributed by atoms with van der Waals surface area (Å²) in [6.07, 6.45) is -5.42. The maximum absolute atomic E-state index is 14.1. The molecule has 2 heterocycles. The van der Waals surface area contributed by atoms with Crippen molar-refractivity contribution in [3.63, 3.8) is 0 Å². The SMILES string of the molecule is COc1ccc(-c2c(C(F)(F)F)oc3cc(OC(=O)CCN4C(=O)c5ccccc5C4=O)ccc3c2=O)cc1OC. The molecule has 0 aliphatic carbocycles. The summed E-state index contributed by atoms with van der Waals surface area (Å²) >= 11 is 0. The van der Waals surface area contributed by atoms with Gasteiger partial charge < -0.3 is 18.6 Å². The minimum atomic E-state index is -5.05. The summed E-state index contributed by atoms with van der Waals surface area (Å²) < 4.78 is 62.8. The Balaban J connectivity index is 1.42. The van der Waals surface area contributed by atoms with Crippen LogP contribution in [0.3, 0.4) is 0 Å². The Labute approximate surface area is 229 Å². The van der Waals surface area contributed by atoms with Crippen LogP contribution >= 0.6 is 0 Å². The number of rotatable bonds is 7. The van der Waals surface area contributed by atoms with Gasteiger partial charge in [0.15, 0.2) is 11.5 Å². The normalized spacial score (nSPS) is 13.0. The van der Waals surface area contributed by atoms with E-state index in [4.69, 9.17) is 18.6 Å². The lowest BCUT2D eigenvalue weighted by Gasteiger charge is -2.15. The lowest BCUT2D eigenvalue weighted by molar-refractivity contribution is -0.152. The molecule has 0 bridgehead atoms. The van der Waals surface area contributed by atoms with Crippen LogP contribution in [0.1, 0.15) is 32.9 Å². The van der Waals surface area contributed by atoms with Crippen LogP contribution in [0, 0.1) is 0 Å². The van der Waals surface area contributed by atoms with Gasteiger partial charge in [-0.15, -0.1) is 0 Å². The zero-order chi connectivity index (χ0) is 29.5. The van der Waals surface area contributed by atoms with Crippen molar-refractivity contribution in [2.75, 3.05) is 20.8 Å². The van der Waals surface area contributed by atoms with Crippen LogP contribution in [0.2, 0.25) is 0 Å². The van der Waals surface area contributed by atoms with E-state index in [0.29, 0.717) is 0 Å². The topological polar surface area (TPSA) is 112 Å². The van der Waals surface area contributed by atoms with E-state index in [1.54, 1.807) is 12.1 Å². The maximum atomic E-state index is 14.1. The van der Waals surface area contributed by atoms with Gasteiger partial charge in [0.1, 0.15) is 11.3 Å². The number of amides is 2. The zero-order valence-corrected chi connectivity index (χ0v) is 21.5. The van der Waals surface area contributed by atoms with Crippen molar-refractivity contribution >= 4 is 28.8 Å². The van der Waals surface area contributed by atoms with Crippen molar-refractivity contribution < 1.29 is 46.2 Å².